The molecule has 0 spiro atoms. The molecule has 8 heteroatoms. The number of benzene rings is 2. The van der Waals surface area contributed by atoms with E-state index in [9.17, 15) is 14.4 Å². The fourth-order valence-corrected chi connectivity index (χ4v) is 4.97. The second kappa shape index (κ2) is 14.1. The van der Waals surface area contributed by atoms with Gasteiger partial charge < -0.3 is 20.3 Å². The Labute approximate surface area is 244 Å². The molecule has 2 rings (SSSR count). The number of thioether (sulfide) groups is 1. The standard InChI is InChI=1S/C32H47N3O4S/c1-11-32(8,9)35(29(37)26(18-19-40-10)34-30(38)39-31(5,6)7)27(24-17-16-21(2)20-23(24)4)28(36)33-25-15-13-12-14-22(25)3/h12-17,20,26-27H,11,18-19H2,1-10H3,(H,33,36)(H,34,38). The Morgan fingerprint density at radius 1 is 0.975 bits per heavy atom. The predicted octanol–water partition coefficient (Wildman–Crippen LogP) is 6.96. The molecule has 3 amide bonds. The molecule has 2 aromatic rings. The minimum Gasteiger partial charge on any atom is -0.444 e. The summed E-state index contributed by atoms with van der Waals surface area (Å²) >= 11 is 1.59. The highest BCUT2D eigenvalue weighted by atomic mass is 32.2. The molecule has 0 aliphatic heterocycles. The van der Waals surface area contributed by atoms with E-state index in [1.54, 1.807) is 37.4 Å². The van der Waals surface area contributed by atoms with Gasteiger partial charge in [-0.1, -0.05) is 48.9 Å². The Bertz CT molecular complexity index is 1190. The highest BCUT2D eigenvalue weighted by Crippen LogP contribution is 2.35. The SMILES string of the molecule is CCC(C)(C)N(C(=O)C(CCSC)NC(=O)OC(C)(C)C)C(C(=O)Nc1ccccc1C)c1ccc(C)cc1C. The molecule has 2 aromatic carbocycles. The highest BCUT2D eigenvalue weighted by molar-refractivity contribution is 7.98. The van der Waals surface area contributed by atoms with Crippen LogP contribution in [0, 0.1) is 20.8 Å². The quantitative estimate of drug-likeness (QED) is 0.306. The van der Waals surface area contributed by atoms with Gasteiger partial charge in [0, 0.05) is 11.2 Å². The average molecular weight is 570 g/mol. The zero-order valence-electron chi connectivity index (χ0n) is 25.8. The van der Waals surface area contributed by atoms with Gasteiger partial charge >= 0.3 is 6.09 Å². The maximum absolute atomic E-state index is 14.5. The van der Waals surface area contributed by atoms with Crippen molar-refractivity contribution in [2.45, 2.75) is 98.4 Å². The Balaban J connectivity index is 2.68. The molecule has 220 valence electrons. The van der Waals surface area contributed by atoms with Crippen LogP contribution in [0.3, 0.4) is 0 Å². The van der Waals surface area contributed by atoms with Crippen molar-refractivity contribution in [3.8, 4) is 0 Å². The van der Waals surface area contributed by atoms with Gasteiger partial charge in [0.05, 0.1) is 0 Å². The van der Waals surface area contributed by atoms with Gasteiger partial charge in [0.1, 0.15) is 17.7 Å². The largest absolute Gasteiger partial charge is 0.444 e. The summed E-state index contributed by atoms with van der Waals surface area (Å²) in [6, 6.07) is 11.7. The first-order chi connectivity index (χ1) is 18.6. The number of ether oxygens (including phenoxy) is 1. The molecule has 7 nitrogen and oxygen atoms in total. The number of carbonyl (C=O) groups is 3. The lowest BCUT2D eigenvalue weighted by molar-refractivity contribution is -0.147. The van der Waals surface area contributed by atoms with Gasteiger partial charge in [-0.25, -0.2) is 4.79 Å². The molecule has 0 radical (unpaired) electrons. The van der Waals surface area contributed by atoms with Gasteiger partial charge in [-0.15, -0.1) is 0 Å². The van der Waals surface area contributed by atoms with Crippen LogP contribution in [0.25, 0.3) is 0 Å². The van der Waals surface area contributed by atoms with E-state index < -0.39 is 29.3 Å². The number of anilines is 1. The van der Waals surface area contributed by atoms with Crippen molar-refractivity contribution < 1.29 is 19.1 Å². The molecular formula is C32H47N3O4S. The average Bonchev–Trinajstić information content (AvgIpc) is 2.85. The normalized spacial score (nSPS) is 13.2. The van der Waals surface area contributed by atoms with E-state index in [0.717, 1.165) is 22.3 Å². The first-order valence-corrected chi connectivity index (χ1v) is 15.3. The molecule has 2 N–H and O–H groups in total. The molecule has 0 aliphatic carbocycles. The zero-order chi connectivity index (χ0) is 30.3. The van der Waals surface area contributed by atoms with Gasteiger partial charge in [-0.05, 0) is 103 Å². The van der Waals surface area contributed by atoms with Gasteiger partial charge in [0.15, 0.2) is 0 Å². The maximum atomic E-state index is 14.5. The predicted molar refractivity (Wildman–Crippen MR) is 166 cm³/mol. The summed E-state index contributed by atoms with van der Waals surface area (Å²) in [5, 5.41) is 5.90. The number of amides is 3. The molecule has 0 saturated carbocycles. The zero-order valence-corrected chi connectivity index (χ0v) is 26.6. The number of carbonyl (C=O) groups excluding carboxylic acids is 3. The van der Waals surface area contributed by atoms with Crippen molar-refractivity contribution >= 4 is 35.4 Å². The van der Waals surface area contributed by atoms with Gasteiger partial charge in [-0.2, -0.15) is 11.8 Å². The van der Waals surface area contributed by atoms with Crippen molar-refractivity contribution in [2.75, 3.05) is 17.3 Å². The lowest BCUT2D eigenvalue weighted by atomic mass is 9.89. The number of nitrogens with one attached hydrogen (secondary N) is 2. The minimum absolute atomic E-state index is 0.308. The molecule has 40 heavy (non-hydrogen) atoms. The van der Waals surface area contributed by atoms with Crippen LogP contribution in [0.15, 0.2) is 42.5 Å². The van der Waals surface area contributed by atoms with E-state index in [1.807, 2.05) is 90.3 Å². The number of hydrogen-bond acceptors (Lipinski definition) is 5. The lowest BCUT2D eigenvalue weighted by Gasteiger charge is -2.45. The van der Waals surface area contributed by atoms with Gasteiger partial charge in [0.25, 0.3) is 5.91 Å². The molecule has 2 unspecified atom stereocenters. The van der Waals surface area contributed by atoms with Crippen LogP contribution in [-0.2, 0) is 14.3 Å². The Morgan fingerprint density at radius 3 is 2.17 bits per heavy atom. The monoisotopic (exact) mass is 569 g/mol. The highest BCUT2D eigenvalue weighted by Gasteiger charge is 2.43. The second-order valence-corrected chi connectivity index (χ2v) is 12.9. The van der Waals surface area contributed by atoms with Crippen molar-refractivity contribution in [3.63, 3.8) is 0 Å². The molecular weight excluding hydrogens is 522 g/mol. The molecule has 0 aromatic heterocycles. The van der Waals surface area contributed by atoms with Crippen LogP contribution in [0.5, 0.6) is 0 Å². The summed E-state index contributed by atoms with van der Waals surface area (Å²) in [7, 11) is 0. The third kappa shape index (κ3) is 9.01. The Kier molecular flexibility index (Phi) is 11.7. The number of alkyl carbamates (subject to hydrolysis) is 1. The van der Waals surface area contributed by atoms with Gasteiger partial charge in [0.2, 0.25) is 5.91 Å². The maximum Gasteiger partial charge on any atom is 0.408 e. The fourth-order valence-electron chi connectivity index (χ4n) is 4.50. The summed E-state index contributed by atoms with van der Waals surface area (Å²) in [6.45, 7) is 17.2. The lowest BCUT2D eigenvalue weighted by Crippen LogP contribution is -2.59. The second-order valence-electron chi connectivity index (χ2n) is 11.9. The van der Waals surface area contributed by atoms with Crippen LogP contribution in [0.2, 0.25) is 0 Å². The molecule has 0 saturated heterocycles. The van der Waals surface area contributed by atoms with E-state index in [1.165, 1.54) is 0 Å². The molecule has 2 atom stereocenters. The summed E-state index contributed by atoms with van der Waals surface area (Å²) in [5.74, 6) is 0.0182. The summed E-state index contributed by atoms with van der Waals surface area (Å²) in [4.78, 5) is 43.3. The molecule has 0 aliphatic rings. The van der Waals surface area contributed by atoms with Gasteiger partial charge in [-0.3, -0.25) is 9.59 Å². The number of rotatable bonds is 11. The third-order valence-electron chi connectivity index (χ3n) is 6.98. The summed E-state index contributed by atoms with van der Waals surface area (Å²) in [5.41, 5.74) is 2.91. The number of nitrogens with zero attached hydrogens (tertiary/aromatic N) is 1. The first kappa shape index (κ1) is 33.2. The van der Waals surface area contributed by atoms with Crippen LogP contribution in [0.4, 0.5) is 10.5 Å². The van der Waals surface area contributed by atoms with Crippen molar-refractivity contribution in [3.05, 3.63) is 64.7 Å². The first-order valence-electron chi connectivity index (χ1n) is 13.9. The van der Waals surface area contributed by atoms with Crippen LogP contribution < -0.4 is 10.6 Å². The third-order valence-corrected chi connectivity index (χ3v) is 7.63. The summed E-state index contributed by atoms with van der Waals surface area (Å²) < 4.78 is 5.50. The van der Waals surface area contributed by atoms with E-state index >= 15 is 0 Å². The van der Waals surface area contributed by atoms with E-state index in [0.29, 0.717) is 24.3 Å². The van der Waals surface area contributed by atoms with E-state index in [2.05, 4.69) is 10.6 Å². The topological polar surface area (TPSA) is 87.7 Å². The summed E-state index contributed by atoms with van der Waals surface area (Å²) in [6.07, 6.45) is 2.29. The number of para-hydroxylation sites is 1. The van der Waals surface area contributed by atoms with Crippen molar-refractivity contribution in [1.82, 2.24) is 10.2 Å². The Morgan fingerprint density at radius 2 is 1.62 bits per heavy atom. The van der Waals surface area contributed by atoms with Crippen molar-refractivity contribution in [2.24, 2.45) is 0 Å². The number of aryl methyl sites for hydroxylation is 3. The fraction of sp³-hybridized carbons (Fsp3) is 0.531. The van der Waals surface area contributed by atoms with Crippen molar-refractivity contribution in [1.29, 1.82) is 0 Å². The molecule has 0 fully saturated rings. The van der Waals surface area contributed by atoms with Crippen LogP contribution in [-0.4, -0.2) is 52.0 Å². The van der Waals surface area contributed by atoms with Crippen LogP contribution >= 0.6 is 11.8 Å². The number of hydrogen-bond donors (Lipinski definition) is 2. The Hall–Kier alpha value is -3.00. The van der Waals surface area contributed by atoms with Crippen LogP contribution in [0.1, 0.15) is 82.7 Å². The van der Waals surface area contributed by atoms with E-state index in [-0.39, 0.29) is 11.8 Å². The van der Waals surface area contributed by atoms with E-state index in [4.69, 9.17) is 4.74 Å². The minimum atomic E-state index is -0.931. The molecule has 0 bridgehead atoms. The molecule has 0 heterocycles. The smallest absolute Gasteiger partial charge is 0.408 e.